The van der Waals surface area contributed by atoms with E-state index in [1.54, 1.807) is 27.9 Å². The minimum atomic E-state index is -1.09. The Labute approximate surface area is 197 Å². The van der Waals surface area contributed by atoms with E-state index in [9.17, 15) is 9.90 Å². The van der Waals surface area contributed by atoms with Crippen LogP contribution < -0.4 is 16.0 Å². The highest BCUT2D eigenvalue weighted by molar-refractivity contribution is 5.88. The molecule has 1 unspecified atom stereocenters. The largest absolute Gasteiger partial charge is 0.356 e. The molecular weight excluding hydrogens is 434 g/mol. The quantitative estimate of drug-likeness (QED) is 0.442. The van der Waals surface area contributed by atoms with Crippen LogP contribution in [0.3, 0.4) is 0 Å². The first-order valence-electron chi connectivity index (χ1n) is 11.2. The summed E-state index contributed by atoms with van der Waals surface area (Å²) in [6, 6.07) is 7.45. The maximum Gasteiger partial charge on any atom is 0.236 e. The Balaban J connectivity index is 1.57. The number of nitrogens with one attached hydrogen (secondary N) is 1. The number of piperidine rings is 1. The molecule has 3 aromatic heterocycles. The van der Waals surface area contributed by atoms with Crippen LogP contribution in [0.15, 0.2) is 36.9 Å². The lowest BCUT2D eigenvalue weighted by Crippen LogP contribution is -2.52. The second kappa shape index (κ2) is 10.0. The monoisotopic (exact) mass is 463 g/mol. The highest BCUT2D eigenvalue weighted by atomic mass is 16.3. The van der Waals surface area contributed by atoms with Gasteiger partial charge in [0.2, 0.25) is 12.3 Å². The van der Waals surface area contributed by atoms with Crippen LogP contribution >= 0.6 is 0 Å². The van der Waals surface area contributed by atoms with Crippen LogP contribution in [0.1, 0.15) is 31.7 Å². The van der Waals surface area contributed by atoms with Crippen LogP contribution in [0.4, 0.5) is 11.6 Å². The van der Waals surface area contributed by atoms with Crippen LogP contribution in [-0.2, 0) is 11.3 Å². The number of fused-ring (bicyclic) bond motifs is 1. The van der Waals surface area contributed by atoms with E-state index >= 15 is 0 Å². The van der Waals surface area contributed by atoms with Crippen molar-refractivity contribution < 1.29 is 9.90 Å². The summed E-state index contributed by atoms with van der Waals surface area (Å²) in [5, 5.41) is 23.4. The molecule has 4 heterocycles. The van der Waals surface area contributed by atoms with Gasteiger partial charge < -0.3 is 26.0 Å². The summed E-state index contributed by atoms with van der Waals surface area (Å²) in [4.78, 5) is 29.3. The highest BCUT2D eigenvalue weighted by Gasteiger charge is 2.32. The molecule has 1 saturated heterocycles. The number of anilines is 2. The lowest BCUT2D eigenvalue weighted by molar-refractivity contribution is -0.131. The van der Waals surface area contributed by atoms with Crippen LogP contribution in [0.25, 0.3) is 11.0 Å². The Kier molecular flexibility index (Phi) is 6.90. The highest BCUT2D eigenvalue weighted by Crippen LogP contribution is 2.30. The lowest BCUT2D eigenvalue weighted by atomic mass is 9.92. The average Bonchev–Trinajstić information content (AvgIpc) is 3.29. The van der Waals surface area contributed by atoms with Gasteiger partial charge in [-0.1, -0.05) is 13.0 Å². The van der Waals surface area contributed by atoms with E-state index < -0.39 is 6.35 Å². The fourth-order valence-corrected chi connectivity index (χ4v) is 4.38. The maximum atomic E-state index is 12.3. The smallest absolute Gasteiger partial charge is 0.236 e. The van der Waals surface area contributed by atoms with Gasteiger partial charge in [-0.2, -0.15) is 5.26 Å². The number of carbonyl (C=O) groups is 1. The zero-order valence-electron chi connectivity index (χ0n) is 19.3. The van der Waals surface area contributed by atoms with Gasteiger partial charge in [-0.25, -0.2) is 15.0 Å². The number of aromatic nitrogens is 4. The number of aliphatic hydroxyl groups excluding tert-OH is 1. The van der Waals surface area contributed by atoms with E-state index in [-0.39, 0.29) is 18.4 Å². The van der Waals surface area contributed by atoms with Crippen molar-refractivity contribution in [3.05, 3.63) is 42.5 Å². The van der Waals surface area contributed by atoms with Gasteiger partial charge in [0, 0.05) is 39.1 Å². The number of carbonyl (C=O) groups excluding carboxylic acids is 1. The number of hydrogen-bond donors (Lipinski definition) is 3. The Morgan fingerprint density at radius 2 is 2.21 bits per heavy atom. The summed E-state index contributed by atoms with van der Waals surface area (Å²) < 4.78 is 1.61. The number of nitrogens with two attached hydrogens (primary N) is 1. The molecule has 0 spiro atoms. The fraction of sp³-hybridized carbons (Fsp3) is 0.435. The molecule has 4 rings (SSSR count). The fourth-order valence-electron chi connectivity index (χ4n) is 4.38. The van der Waals surface area contributed by atoms with Crippen LogP contribution in [0.2, 0.25) is 0 Å². The number of rotatable bonds is 7. The first-order chi connectivity index (χ1) is 16.4. The first kappa shape index (κ1) is 23.4. The summed E-state index contributed by atoms with van der Waals surface area (Å²) in [7, 11) is 1.95. The van der Waals surface area contributed by atoms with Gasteiger partial charge >= 0.3 is 0 Å². The van der Waals surface area contributed by atoms with Gasteiger partial charge in [0.1, 0.15) is 30.0 Å². The van der Waals surface area contributed by atoms with Crippen molar-refractivity contribution in [2.45, 2.75) is 38.7 Å². The Morgan fingerprint density at radius 1 is 1.38 bits per heavy atom. The van der Waals surface area contributed by atoms with Crippen LogP contribution in [-0.4, -0.2) is 61.6 Å². The summed E-state index contributed by atoms with van der Waals surface area (Å²) in [6.45, 7) is 3.74. The van der Waals surface area contributed by atoms with Crippen molar-refractivity contribution in [2.24, 2.45) is 11.7 Å². The van der Waals surface area contributed by atoms with Crippen LogP contribution in [0, 0.1) is 17.2 Å². The Morgan fingerprint density at radius 3 is 2.91 bits per heavy atom. The molecule has 0 aromatic carbocycles. The number of amides is 1. The molecular formula is C23H29N9O2. The summed E-state index contributed by atoms with van der Waals surface area (Å²) >= 11 is 0. The number of likely N-dealkylation sites (N-methyl/N-ethyl adjacent to an activating group) is 1. The molecule has 1 amide bonds. The molecule has 1 aliphatic heterocycles. The summed E-state index contributed by atoms with van der Waals surface area (Å²) in [5.74, 6) is 1.41. The van der Waals surface area contributed by atoms with Crippen LogP contribution in [0.5, 0.6) is 0 Å². The molecule has 11 nitrogen and oxygen atoms in total. The number of nitriles is 1. The van der Waals surface area contributed by atoms with Crippen molar-refractivity contribution in [2.75, 3.05) is 30.4 Å². The van der Waals surface area contributed by atoms with Crippen molar-refractivity contribution in [3.63, 3.8) is 0 Å². The van der Waals surface area contributed by atoms with Crippen molar-refractivity contribution in [3.8, 4) is 6.07 Å². The van der Waals surface area contributed by atoms with E-state index in [0.717, 1.165) is 17.4 Å². The van der Waals surface area contributed by atoms with Gasteiger partial charge in [0.15, 0.2) is 0 Å². The van der Waals surface area contributed by atoms with Gasteiger partial charge in [0.25, 0.3) is 0 Å². The molecule has 11 heteroatoms. The standard InChI is InChI=1S/C23H29N9O2/c1-15-6-9-31(20(33)5-8-24)13-18(15)30(2)21-17-7-10-32(22(17)28-14-27-21)23(34)29-19-4-3-16(11-25)12-26-19/h3-4,7,10,12,14-15,18,23,34H,5-6,9,11,13,25H2,1-2H3,(H,26,29)/t15-,18+,23?/m1/s1. The summed E-state index contributed by atoms with van der Waals surface area (Å²) in [6.07, 6.45) is 4.52. The minimum absolute atomic E-state index is 0.0335. The van der Waals surface area contributed by atoms with Gasteiger partial charge in [-0.15, -0.1) is 0 Å². The molecule has 0 bridgehead atoms. The van der Waals surface area contributed by atoms with E-state index in [1.807, 2.05) is 25.2 Å². The minimum Gasteiger partial charge on any atom is -0.356 e. The van der Waals surface area contributed by atoms with E-state index in [0.29, 0.717) is 42.8 Å². The molecule has 3 aromatic rings. The number of likely N-dealkylation sites (tertiary alicyclic amines) is 1. The lowest BCUT2D eigenvalue weighted by Gasteiger charge is -2.42. The predicted octanol–water partition coefficient (Wildman–Crippen LogP) is 1.43. The van der Waals surface area contributed by atoms with Crippen molar-refractivity contribution in [1.82, 2.24) is 24.4 Å². The third-order valence-electron chi connectivity index (χ3n) is 6.42. The number of hydrogen-bond acceptors (Lipinski definition) is 9. The van der Waals surface area contributed by atoms with Gasteiger partial charge in [-0.05, 0) is 30.0 Å². The zero-order valence-corrected chi connectivity index (χ0v) is 19.3. The SMILES string of the molecule is C[C@@H]1CCN(C(=O)CC#N)C[C@@H]1N(C)c1ncnc2c1ccn2C(O)Nc1ccc(CN)cn1. The third kappa shape index (κ3) is 4.64. The first-order valence-corrected chi connectivity index (χ1v) is 11.2. The predicted molar refractivity (Wildman–Crippen MR) is 127 cm³/mol. The Hall–Kier alpha value is -3.75. The molecule has 4 N–H and O–H groups in total. The topological polar surface area (TPSA) is 149 Å². The second-order valence-electron chi connectivity index (χ2n) is 8.55. The molecule has 0 radical (unpaired) electrons. The van der Waals surface area contributed by atoms with E-state index in [2.05, 4.69) is 32.1 Å². The molecule has 0 aliphatic carbocycles. The molecule has 0 saturated carbocycles. The number of pyridine rings is 1. The molecule has 3 atom stereocenters. The number of nitrogens with zero attached hydrogens (tertiary/aromatic N) is 7. The zero-order chi connectivity index (χ0) is 24.2. The van der Waals surface area contributed by atoms with Gasteiger partial charge in [-0.3, -0.25) is 9.36 Å². The third-order valence-corrected chi connectivity index (χ3v) is 6.42. The molecule has 178 valence electrons. The second-order valence-corrected chi connectivity index (χ2v) is 8.55. The van der Waals surface area contributed by atoms with E-state index in [4.69, 9.17) is 11.0 Å². The molecule has 1 aliphatic rings. The maximum absolute atomic E-state index is 12.3. The van der Waals surface area contributed by atoms with Crippen molar-refractivity contribution in [1.29, 1.82) is 5.26 Å². The molecule has 1 fully saturated rings. The normalized spacial score (nSPS) is 19.0. The van der Waals surface area contributed by atoms with E-state index in [1.165, 1.54) is 6.33 Å². The number of aliphatic hydroxyl groups is 1. The summed E-state index contributed by atoms with van der Waals surface area (Å²) in [5.41, 5.74) is 7.08. The van der Waals surface area contributed by atoms with Crippen molar-refractivity contribution >= 4 is 28.6 Å². The van der Waals surface area contributed by atoms with Gasteiger partial charge in [0.05, 0.1) is 17.5 Å². The Bertz CT molecular complexity index is 1190. The molecule has 34 heavy (non-hydrogen) atoms. The average molecular weight is 464 g/mol.